The molecule has 0 radical (unpaired) electrons. The fourth-order valence-electron chi connectivity index (χ4n) is 2.94. The zero-order valence-corrected chi connectivity index (χ0v) is 17.0. The summed E-state index contributed by atoms with van der Waals surface area (Å²) in [6, 6.07) is 10.1. The molecule has 0 aromatic heterocycles. The number of thiocarbonyl (C=S) groups is 1. The molecule has 0 spiro atoms. The third-order valence-electron chi connectivity index (χ3n) is 4.30. The van der Waals surface area contributed by atoms with E-state index >= 15 is 0 Å². The van der Waals surface area contributed by atoms with Crippen molar-refractivity contribution in [3.63, 3.8) is 0 Å². The number of benzene rings is 2. The summed E-state index contributed by atoms with van der Waals surface area (Å²) in [7, 11) is 3.07. The molecule has 1 N–H and O–H groups in total. The lowest BCUT2D eigenvalue weighted by Crippen LogP contribution is -2.54. The van der Waals surface area contributed by atoms with Crippen LogP contribution in [0.5, 0.6) is 11.5 Å². The van der Waals surface area contributed by atoms with Crippen LogP contribution in [0.3, 0.4) is 0 Å². The van der Waals surface area contributed by atoms with Gasteiger partial charge < -0.3 is 9.47 Å². The van der Waals surface area contributed by atoms with Gasteiger partial charge in [-0.05, 0) is 61.6 Å². The third-order valence-corrected chi connectivity index (χ3v) is 4.83. The number of nitrogens with one attached hydrogen (secondary N) is 1. The first kappa shape index (κ1) is 19.9. The maximum Gasteiger partial charge on any atom is 0.270 e. The quantitative estimate of drug-likeness (QED) is 0.469. The van der Waals surface area contributed by atoms with Gasteiger partial charge in [0.2, 0.25) is 0 Å². The lowest BCUT2D eigenvalue weighted by Gasteiger charge is -2.29. The highest BCUT2D eigenvalue weighted by molar-refractivity contribution is 7.80. The van der Waals surface area contributed by atoms with Crippen LogP contribution in [0.1, 0.15) is 11.1 Å². The van der Waals surface area contributed by atoms with E-state index < -0.39 is 11.8 Å². The van der Waals surface area contributed by atoms with Crippen LogP contribution in [-0.4, -0.2) is 31.1 Å². The Kier molecular flexibility index (Phi) is 5.67. The van der Waals surface area contributed by atoms with Crippen molar-refractivity contribution in [3.05, 3.63) is 58.1 Å². The summed E-state index contributed by atoms with van der Waals surface area (Å²) in [6.45, 7) is 1.83. The summed E-state index contributed by atoms with van der Waals surface area (Å²) in [5.41, 5.74) is 1.77. The largest absolute Gasteiger partial charge is 0.496 e. The molecule has 28 heavy (non-hydrogen) atoms. The summed E-state index contributed by atoms with van der Waals surface area (Å²) in [5.74, 6) is 0.0448. The number of nitrogens with zero attached hydrogens (tertiary/aromatic N) is 1. The van der Waals surface area contributed by atoms with Crippen LogP contribution in [-0.2, 0) is 9.59 Å². The van der Waals surface area contributed by atoms with E-state index in [-0.39, 0.29) is 10.7 Å². The Morgan fingerprint density at radius 3 is 2.36 bits per heavy atom. The SMILES string of the molecule is COc1ccc(C=C2C(=O)NC(=S)N(c3ccc(Cl)cc3)C2=O)c(OC)c1C. The standard InChI is InChI=1S/C20H17ClN2O4S/c1-11-16(26-2)9-4-12(17(11)27-3)10-15-18(24)22-20(28)23(19(15)25)14-7-5-13(21)6-8-14/h4-10H,1-3H3,(H,22,24,28). The molecule has 0 unspecified atom stereocenters. The minimum atomic E-state index is -0.573. The Morgan fingerprint density at radius 1 is 1.07 bits per heavy atom. The molecule has 1 saturated heterocycles. The minimum Gasteiger partial charge on any atom is -0.496 e. The number of halogens is 1. The Labute approximate surface area is 172 Å². The normalized spacial score (nSPS) is 15.6. The highest BCUT2D eigenvalue weighted by Crippen LogP contribution is 2.33. The van der Waals surface area contributed by atoms with Gasteiger partial charge in [0.1, 0.15) is 17.1 Å². The number of amides is 2. The van der Waals surface area contributed by atoms with E-state index in [1.165, 1.54) is 18.1 Å². The molecule has 2 aromatic carbocycles. The van der Waals surface area contributed by atoms with Gasteiger partial charge in [-0.3, -0.25) is 19.8 Å². The molecule has 1 aliphatic rings. The highest BCUT2D eigenvalue weighted by atomic mass is 35.5. The van der Waals surface area contributed by atoms with Crippen molar-refractivity contribution in [2.75, 3.05) is 19.1 Å². The fraction of sp³-hybridized carbons (Fsp3) is 0.150. The summed E-state index contributed by atoms with van der Waals surface area (Å²) < 4.78 is 10.7. The first-order valence-corrected chi connectivity index (χ1v) is 9.04. The van der Waals surface area contributed by atoms with Crippen molar-refractivity contribution in [3.8, 4) is 11.5 Å². The number of carbonyl (C=O) groups is 2. The highest BCUT2D eigenvalue weighted by Gasteiger charge is 2.34. The Bertz CT molecular complexity index is 1000. The first-order valence-electron chi connectivity index (χ1n) is 8.26. The van der Waals surface area contributed by atoms with Crippen LogP contribution in [0, 0.1) is 6.92 Å². The molecule has 8 heteroatoms. The Balaban J connectivity index is 2.07. The number of carbonyl (C=O) groups excluding carboxylic acids is 2. The maximum atomic E-state index is 13.1. The minimum absolute atomic E-state index is 0.00680. The second-order valence-electron chi connectivity index (χ2n) is 5.95. The first-order chi connectivity index (χ1) is 13.4. The molecule has 0 bridgehead atoms. The Morgan fingerprint density at radius 2 is 1.75 bits per heavy atom. The lowest BCUT2D eigenvalue weighted by molar-refractivity contribution is -0.122. The zero-order chi connectivity index (χ0) is 20.4. The lowest BCUT2D eigenvalue weighted by atomic mass is 10.0. The summed E-state index contributed by atoms with van der Waals surface area (Å²) in [5, 5.41) is 3.08. The topological polar surface area (TPSA) is 67.9 Å². The van der Waals surface area contributed by atoms with Gasteiger partial charge in [-0.2, -0.15) is 0 Å². The van der Waals surface area contributed by atoms with Crippen LogP contribution in [0.4, 0.5) is 5.69 Å². The number of anilines is 1. The van der Waals surface area contributed by atoms with Crippen molar-refractivity contribution in [2.24, 2.45) is 0 Å². The van der Waals surface area contributed by atoms with Crippen molar-refractivity contribution < 1.29 is 19.1 Å². The molecule has 6 nitrogen and oxygen atoms in total. The van der Waals surface area contributed by atoms with E-state index in [1.54, 1.807) is 43.5 Å². The smallest absolute Gasteiger partial charge is 0.270 e. The van der Waals surface area contributed by atoms with E-state index in [9.17, 15) is 9.59 Å². The molecule has 2 amide bonds. The second kappa shape index (κ2) is 8.00. The average molecular weight is 417 g/mol. The van der Waals surface area contributed by atoms with Gasteiger partial charge in [0, 0.05) is 16.1 Å². The van der Waals surface area contributed by atoms with Gasteiger partial charge in [0.25, 0.3) is 11.8 Å². The van der Waals surface area contributed by atoms with Gasteiger partial charge >= 0.3 is 0 Å². The summed E-state index contributed by atoms with van der Waals surface area (Å²) in [4.78, 5) is 26.8. The van der Waals surface area contributed by atoms with E-state index in [0.717, 1.165) is 5.56 Å². The van der Waals surface area contributed by atoms with Crippen molar-refractivity contribution >= 4 is 52.5 Å². The zero-order valence-electron chi connectivity index (χ0n) is 15.4. The van der Waals surface area contributed by atoms with Crippen molar-refractivity contribution in [2.45, 2.75) is 6.92 Å². The summed E-state index contributed by atoms with van der Waals surface area (Å²) >= 11 is 11.1. The van der Waals surface area contributed by atoms with Crippen molar-refractivity contribution in [1.29, 1.82) is 0 Å². The number of hydrogen-bond donors (Lipinski definition) is 1. The van der Waals surface area contributed by atoms with E-state index in [1.807, 2.05) is 6.92 Å². The molecule has 144 valence electrons. The fourth-order valence-corrected chi connectivity index (χ4v) is 3.34. The number of ether oxygens (including phenoxy) is 2. The average Bonchev–Trinajstić information content (AvgIpc) is 2.66. The van der Waals surface area contributed by atoms with E-state index in [4.69, 9.17) is 33.3 Å². The predicted molar refractivity (Wildman–Crippen MR) is 112 cm³/mol. The van der Waals surface area contributed by atoms with Gasteiger partial charge in [-0.25, -0.2) is 0 Å². The number of rotatable bonds is 4. The molecular weight excluding hydrogens is 400 g/mol. The molecule has 1 aliphatic heterocycles. The molecule has 1 heterocycles. The van der Waals surface area contributed by atoms with Crippen LogP contribution >= 0.6 is 23.8 Å². The van der Waals surface area contributed by atoms with Gasteiger partial charge in [0.05, 0.1) is 19.9 Å². The van der Waals surface area contributed by atoms with E-state index in [2.05, 4.69) is 5.32 Å². The Hall–Kier alpha value is -2.90. The van der Waals surface area contributed by atoms with Crippen LogP contribution in [0.25, 0.3) is 6.08 Å². The maximum absolute atomic E-state index is 13.1. The van der Waals surface area contributed by atoms with Gasteiger partial charge in [-0.15, -0.1) is 0 Å². The van der Waals surface area contributed by atoms with Crippen LogP contribution in [0.2, 0.25) is 5.02 Å². The van der Waals surface area contributed by atoms with Crippen LogP contribution in [0.15, 0.2) is 42.0 Å². The number of hydrogen-bond acceptors (Lipinski definition) is 5. The van der Waals surface area contributed by atoms with Crippen LogP contribution < -0.4 is 19.7 Å². The molecule has 0 aliphatic carbocycles. The van der Waals surface area contributed by atoms with Gasteiger partial charge in [0.15, 0.2) is 5.11 Å². The van der Waals surface area contributed by atoms with Gasteiger partial charge in [-0.1, -0.05) is 11.6 Å². The monoisotopic (exact) mass is 416 g/mol. The predicted octanol–water partition coefficient (Wildman–Crippen LogP) is 3.50. The molecule has 0 atom stereocenters. The molecule has 1 fully saturated rings. The molecule has 0 saturated carbocycles. The molecule has 2 aromatic rings. The summed E-state index contributed by atoms with van der Waals surface area (Å²) in [6.07, 6.45) is 1.48. The van der Waals surface area contributed by atoms with E-state index in [0.29, 0.717) is 27.8 Å². The molecule has 3 rings (SSSR count). The van der Waals surface area contributed by atoms with Crippen molar-refractivity contribution in [1.82, 2.24) is 5.32 Å². The molecular formula is C20H17ClN2O4S. The third kappa shape index (κ3) is 3.58. The second-order valence-corrected chi connectivity index (χ2v) is 6.77. The number of methoxy groups -OCH3 is 2.